The lowest BCUT2D eigenvalue weighted by molar-refractivity contribution is 0.161. The third-order valence-corrected chi connectivity index (χ3v) is 7.70. The Morgan fingerprint density at radius 1 is 1.16 bits per heavy atom. The van der Waals surface area contributed by atoms with Gasteiger partial charge in [0.1, 0.15) is 16.1 Å². The molecule has 25 heavy (non-hydrogen) atoms. The number of hydrogen-bond donors (Lipinski definition) is 0. The van der Waals surface area contributed by atoms with E-state index < -0.39 is 21.9 Å². The molecule has 3 rings (SSSR count). The van der Waals surface area contributed by atoms with Gasteiger partial charge in [-0.1, -0.05) is 29.8 Å². The zero-order valence-corrected chi connectivity index (χ0v) is 15.5. The van der Waals surface area contributed by atoms with Crippen molar-refractivity contribution in [3.05, 3.63) is 52.1 Å². The first-order valence-corrected chi connectivity index (χ1v) is 10.2. The molecule has 0 spiro atoms. The predicted octanol–water partition coefficient (Wildman–Crippen LogP) is 3.11. The van der Waals surface area contributed by atoms with E-state index in [2.05, 4.69) is 6.07 Å². The average molecular weight is 400 g/mol. The summed E-state index contributed by atoms with van der Waals surface area (Å²) in [6, 6.07) is 10.6. The summed E-state index contributed by atoms with van der Waals surface area (Å²) in [6.45, 7) is 1.19. The van der Waals surface area contributed by atoms with Gasteiger partial charge in [-0.3, -0.25) is 4.90 Å². The Balaban J connectivity index is 1.73. The number of benzene rings is 1. The standard InChI is InChI=1S/C16H15ClFN3O2S2/c17-15-5-6-16(24-15)25(22,23)21-9-7-20(8-10-21)14(11-19)12-3-1-2-4-13(12)18/h1-6,14H,7-10H2. The van der Waals surface area contributed by atoms with Gasteiger partial charge in [-0.05, 0) is 18.2 Å². The van der Waals surface area contributed by atoms with Crippen LogP contribution in [0, 0.1) is 17.1 Å². The second kappa shape index (κ2) is 7.40. The highest BCUT2D eigenvalue weighted by atomic mass is 35.5. The molecule has 0 saturated carbocycles. The van der Waals surface area contributed by atoms with Gasteiger partial charge in [-0.25, -0.2) is 12.8 Å². The fourth-order valence-corrected chi connectivity index (χ4v) is 5.87. The molecule has 2 aromatic rings. The number of nitriles is 1. The van der Waals surface area contributed by atoms with Crippen LogP contribution in [0.1, 0.15) is 11.6 Å². The average Bonchev–Trinajstić information content (AvgIpc) is 3.05. The summed E-state index contributed by atoms with van der Waals surface area (Å²) >= 11 is 6.85. The lowest BCUT2D eigenvalue weighted by Crippen LogP contribution is -2.49. The third-order valence-electron chi connectivity index (χ3n) is 4.10. The maximum Gasteiger partial charge on any atom is 0.252 e. The number of thiophene rings is 1. The van der Waals surface area contributed by atoms with Gasteiger partial charge >= 0.3 is 0 Å². The first kappa shape index (κ1) is 18.3. The maximum absolute atomic E-state index is 14.0. The van der Waals surface area contributed by atoms with Crippen molar-refractivity contribution in [3.63, 3.8) is 0 Å². The molecule has 1 saturated heterocycles. The van der Waals surface area contributed by atoms with Crippen molar-refractivity contribution in [3.8, 4) is 6.07 Å². The number of nitrogens with zero attached hydrogens (tertiary/aromatic N) is 3. The van der Waals surface area contributed by atoms with E-state index in [1.54, 1.807) is 29.2 Å². The van der Waals surface area contributed by atoms with E-state index in [9.17, 15) is 18.1 Å². The van der Waals surface area contributed by atoms with Crippen LogP contribution in [-0.4, -0.2) is 43.8 Å². The van der Waals surface area contributed by atoms with Crippen molar-refractivity contribution >= 4 is 33.0 Å². The van der Waals surface area contributed by atoms with Crippen LogP contribution in [-0.2, 0) is 10.0 Å². The Hall–Kier alpha value is -1.50. The third kappa shape index (κ3) is 3.71. The molecule has 5 nitrogen and oxygen atoms in total. The Kier molecular flexibility index (Phi) is 5.41. The number of sulfonamides is 1. The van der Waals surface area contributed by atoms with E-state index in [1.165, 1.54) is 16.4 Å². The van der Waals surface area contributed by atoms with Crippen LogP contribution in [0.25, 0.3) is 0 Å². The second-order valence-electron chi connectivity index (χ2n) is 5.55. The summed E-state index contributed by atoms with van der Waals surface area (Å²) in [5.41, 5.74) is 0.311. The maximum atomic E-state index is 14.0. The van der Waals surface area contributed by atoms with Crippen molar-refractivity contribution in [1.82, 2.24) is 9.21 Å². The molecule has 1 aromatic carbocycles. The SMILES string of the molecule is N#CC(c1ccccc1F)N1CCN(S(=O)(=O)c2ccc(Cl)s2)CC1. The minimum Gasteiger partial charge on any atom is -0.282 e. The summed E-state index contributed by atoms with van der Waals surface area (Å²) in [4.78, 5) is 1.80. The first-order valence-electron chi connectivity index (χ1n) is 7.57. The van der Waals surface area contributed by atoms with Gasteiger partial charge in [0, 0.05) is 31.7 Å². The van der Waals surface area contributed by atoms with Crippen LogP contribution in [0.5, 0.6) is 0 Å². The topological polar surface area (TPSA) is 64.4 Å². The second-order valence-corrected chi connectivity index (χ2v) is 9.43. The Morgan fingerprint density at radius 3 is 2.40 bits per heavy atom. The molecule has 1 unspecified atom stereocenters. The quantitative estimate of drug-likeness (QED) is 0.792. The fraction of sp³-hybridized carbons (Fsp3) is 0.312. The highest BCUT2D eigenvalue weighted by Crippen LogP contribution is 2.30. The number of hydrogen-bond acceptors (Lipinski definition) is 5. The Bertz CT molecular complexity index is 902. The molecular weight excluding hydrogens is 385 g/mol. The summed E-state index contributed by atoms with van der Waals surface area (Å²) in [5, 5.41) is 9.46. The molecule has 132 valence electrons. The van der Waals surface area contributed by atoms with E-state index >= 15 is 0 Å². The smallest absolute Gasteiger partial charge is 0.252 e. The van der Waals surface area contributed by atoms with Gasteiger partial charge in [0.25, 0.3) is 10.0 Å². The lowest BCUT2D eigenvalue weighted by atomic mass is 10.1. The highest BCUT2D eigenvalue weighted by molar-refractivity contribution is 7.91. The van der Waals surface area contributed by atoms with Crippen LogP contribution in [0.3, 0.4) is 0 Å². The molecule has 0 bridgehead atoms. The molecule has 0 radical (unpaired) electrons. The van der Waals surface area contributed by atoms with Crippen molar-refractivity contribution in [2.75, 3.05) is 26.2 Å². The summed E-state index contributed by atoms with van der Waals surface area (Å²) in [6.07, 6.45) is 0. The summed E-state index contributed by atoms with van der Waals surface area (Å²) in [7, 11) is -3.59. The van der Waals surface area contributed by atoms with Crippen LogP contribution in [0.4, 0.5) is 4.39 Å². The molecule has 9 heteroatoms. The van der Waals surface area contributed by atoms with Gasteiger partial charge in [-0.15, -0.1) is 11.3 Å². The molecule has 0 aliphatic carbocycles. The Labute approximate surface area is 154 Å². The van der Waals surface area contributed by atoms with Crippen LogP contribution < -0.4 is 0 Å². The molecule has 1 aliphatic rings. The van der Waals surface area contributed by atoms with Crippen LogP contribution in [0.15, 0.2) is 40.6 Å². The zero-order valence-electron chi connectivity index (χ0n) is 13.1. The van der Waals surface area contributed by atoms with E-state index in [1.807, 2.05) is 0 Å². The van der Waals surface area contributed by atoms with Crippen molar-refractivity contribution in [2.45, 2.75) is 10.3 Å². The minimum absolute atomic E-state index is 0.205. The van der Waals surface area contributed by atoms with Crippen molar-refractivity contribution in [1.29, 1.82) is 5.26 Å². The molecule has 0 amide bonds. The normalized spacial score (nSPS) is 18.0. The minimum atomic E-state index is -3.59. The molecule has 1 aromatic heterocycles. The molecular formula is C16H15ClFN3O2S2. The van der Waals surface area contributed by atoms with E-state index in [0.717, 1.165) is 11.3 Å². The molecule has 0 N–H and O–H groups in total. The molecule has 2 heterocycles. The van der Waals surface area contributed by atoms with Gasteiger partial charge in [0.2, 0.25) is 0 Å². The zero-order chi connectivity index (χ0) is 18.0. The molecule has 1 aliphatic heterocycles. The van der Waals surface area contributed by atoms with Crippen molar-refractivity contribution in [2.24, 2.45) is 0 Å². The van der Waals surface area contributed by atoms with Gasteiger partial charge in [0.05, 0.1) is 10.4 Å². The largest absolute Gasteiger partial charge is 0.282 e. The fourth-order valence-electron chi connectivity index (χ4n) is 2.81. The number of halogens is 2. The monoisotopic (exact) mass is 399 g/mol. The highest BCUT2D eigenvalue weighted by Gasteiger charge is 2.33. The number of piperazine rings is 1. The first-order chi connectivity index (χ1) is 11.9. The van der Waals surface area contributed by atoms with Gasteiger partial charge in [0.15, 0.2) is 0 Å². The Morgan fingerprint density at radius 2 is 1.84 bits per heavy atom. The molecule has 1 atom stereocenters. The summed E-state index contributed by atoms with van der Waals surface area (Å²) in [5.74, 6) is -0.433. The van der Waals surface area contributed by atoms with E-state index in [4.69, 9.17) is 11.6 Å². The van der Waals surface area contributed by atoms with E-state index in [-0.39, 0.29) is 17.3 Å². The van der Waals surface area contributed by atoms with E-state index in [0.29, 0.717) is 23.0 Å². The van der Waals surface area contributed by atoms with Crippen LogP contribution in [0.2, 0.25) is 4.34 Å². The summed E-state index contributed by atoms with van der Waals surface area (Å²) < 4.78 is 41.2. The predicted molar refractivity (Wildman–Crippen MR) is 94.4 cm³/mol. The van der Waals surface area contributed by atoms with Gasteiger partial charge < -0.3 is 0 Å². The number of rotatable bonds is 4. The molecule has 1 fully saturated rings. The van der Waals surface area contributed by atoms with Crippen molar-refractivity contribution < 1.29 is 12.8 Å². The van der Waals surface area contributed by atoms with Crippen LogP contribution >= 0.6 is 22.9 Å². The van der Waals surface area contributed by atoms with Gasteiger partial charge in [-0.2, -0.15) is 9.57 Å². The lowest BCUT2D eigenvalue weighted by Gasteiger charge is -2.36.